The molecular formula is C19H34FeP2+6. The summed E-state index contributed by atoms with van der Waals surface area (Å²) in [5.74, 6) is 0. The van der Waals surface area contributed by atoms with Gasteiger partial charge in [-0.25, -0.2) is 12.1 Å². The van der Waals surface area contributed by atoms with Crippen LogP contribution in [0.2, 0.25) is 0 Å². The molecule has 0 aromatic heterocycles. The molecule has 0 atom stereocenters. The predicted octanol–water partition coefficient (Wildman–Crippen LogP) is 5.65. The van der Waals surface area contributed by atoms with E-state index in [1.165, 1.54) is 5.56 Å². The van der Waals surface area contributed by atoms with E-state index in [0.29, 0.717) is 0 Å². The first-order chi connectivity index (χ1) is 9.90. The summed E-state index contributed by atoms with van der Waals surface area (Å²) in [6, 6.07) is 20.2. The molecule has 2 aromatic carbocycles. The molecule has 0 N–H and O–H groups in total. The van der Waals surface area contributed by atoms with Crippen molar-refractivity contribution < 1.29 is 17.1 Å². The van der Waals surface area contributed by atoms with Gasteiger partial charge in [0.2, 0.25) is 0 Å². The molecule has 22 heavy (non-hydrogen) atoms. The van der Waals surface area contributed by atoms with E-state index in [1.54, 1.807) is 0 Å². The van der Waals surface area contributed by atoms with Crippen molar-refractivity contribution in [1.82, 2.24) is 0 Å². The van der Waals surface area contributed by atoms with E-state index < -0.39 is 0 Å². The molecule has 0 fully saturated rings. The smallest absolute Gasteiger partial charge is 0.339 e. The van der Waals surface area contributed by atoms with Crippen LogP contribution in [0.25, 0.3) is 0 Å². The standard InChI is InChI=1S/C8H9.C5H5.2C3H9P.Fe/c1-2-8-6-4-3-5-7-8;1-2-4-5-3-1;2*1-4(2)3;/h3-7H,1-2H2;1-5H;2*1-3H3;/q2*-1;;;+6/p+2. The van der Waals surface area contributed by atoms with Crippen molar-refractivity contribution in [2.75, 3.05) is 40.0 Å². The number of rotatable bonds is 1. The third kappa shape index (κ3) is 32.1. The fraction of sp³-hybridized carbons (Fsp3) is 0.368. The van der Waals surface area contributed by atoms with Crippen molar-refractivity contribution >= 4 is 15.8 Å². The van der Waals surface area contributed by atoms with Crippen molar-refractivity contribution in [3.63, 3.8) is 0 Å². The van der Waals surface area contributed by atoms with E-state index in [1.807, 2.05) is 48.5 Å². The molecule has 0 aliphatic carbocycles. The molecule has 0 unspecified atom stereocenters. The second-order valence-electron chi connectivity index (χ2n) is 5.70. The predicted molar refractivity (Wildman–Crippen MR) is 110 cm³/mol. The normalized spacial score (nSPS) is 8.41. The Labute approximate surface area is 152 Å². The van der Waals surface area contributed by atoms with Crippen LogP contribution in [0.3, 0.4) is 0 Å². The largest absolute Gasteiger partial charge is 6.00 e. The van der Waals surface area contributed by atoms with Crippen LogP contribution in [0.4, 0.5) is 0 Å². The maximum Gasteiger partial charge on any atom is 6.00 e. The van der Waals surface area contributed by atoms with E-state index in [2.05, 4.69) is 59.0 Å². The van der Waals surface area contributed by atoms with Gasteiger partial charge in [0.05, 0.1) is 0 Å². The third-order valence-corrected chi connectivity index (χ3v) is 1.69. The van der Waals surface area contributed by atoms with Crippen LogP contribution >= 0.6 is 15.8 Å². The van der Waals surface area contributed by atoms with E-state index >= 15 is 0 Å². The van der Waals surface area contributed by atoms with Crippen LogP contribution in [0.15, 0.2) is 60.7 Å². The van der Waals surface area contributed by atoms with Crippen molar-refractivity contribution in [3.8, 4) is 0 Å². The van der Waals surface area contributed by atoms with Crippen LogP contribution < -0.4 is 0 Å². The zero-order valence-electron chi connectivity index (χ0n) is 15.0. The molecule has 0 aliphatic rings. The fourth-order valence-corrected chi connectivity index (χ4v) is 0.965. The average Bonchev–Trinajstić information content (AvgIpc) is 2.97. The van der Waals surface area contributed by atoms with Crippen LogP contribution in [0, 0.1) is 6.92 Å². The minimum absolute atomic E-state index is 0. The summed E-state index contributed by atoms with van der Waals surface area (Å²) in [5.41, 5.74) is 1.30. The van der Waals surface area contributed by atoms with Gasteiger partial charge in [-0.05, 0) is 15.8 Å². The van der Waals surface area contributed by atoms with Gasteiger partial charge in [0, 0.05) is 40.0 Å². The molecule has 0 radical (unpaired) electrons. The molecule has 0 amide bonds. The Morgan fingerprint density at radius 1 is 0.773 bits per heavy atom. The van der Waals surface area contributed by atoms with E-state index in [4.69, 9.17) is 0 Å². The van der Waals surface area contributed by atoms with Crippen molar-refractivity contribution in [3.05, 3.63) is 73.2 Å². The van der Waals surface area contributed by atoms with Crippen molar-refractivity contribution in [2.24, 2.45) is 0 Å². The molecular weight excluding hydrogens is 346 g/mol. The number of benzene rings is 1. The maximum atomic E-state index is 3.76. The Morgan fingerprint density at radius 2 is 1.14 bits per heavy atom. The van der Waals surface area contributed by atoms with E-state index in [9.17, 15) is 0 Å². The molecule has 2 rings (SSSR count). The first-order valence-electron chi connectivity index (χ1n) is 7.43. The Kier molecular flexibility index (Phi) is 25.5. The van der Waals surface area contributed by atoms with Gasteiger partial charge in [0.25, 0.3) is 0 Å². The van der Waals surface area contributed by atoms with Crippen LogP contribution in [0.1, 0.15) is 5.56 Å². The quantitative estimate of drug-likeness (QED) is 0.341. The zero-order chi connectivity index (χ0) is 16.5. The summed E-state index contributed by atoms with van der Waals surface area (Å²) in [4.78, 5) is 0. The van der Waals surface area contributed by atoms with Crippen molar-refractivity contribution in [1.29, 1.82) is 0 Å². The first-order valence-corrected chi connectivity index (χ1v) is 13.4. The van der Waals surface area contributed by atoms with Gasteiger partial charge < -0.3 is 6.92 Å². The van der Waals surface area contributed by atoms with Crippen LogP contribution in [0.5, 0.6) is 0 Å². The van der Waals surface area contributed by atoms with Gasteiger partial charge in [-0.2, -0.15) is 24.6 Å². The van der Waals surface area contributed by atoms with Gasteiger partial charge in [-0.1, -0.05) is 35.9 Å². The Balaban J connectivity index is -0.000000228. The molecule has 0 aliphatic heterocycles. The van der Waals surface area contributed by atoms with E-state index in [0.717, 1.165) is 6.42 Å². The molecule has 0 spiro atoms. The molecule has 3 heteroatoms. The fourth-order valence-electron chi connectivity index (χ4n) is 0.965. The van der Waals surface area contributed by atoms with Crippen LogP contribution in [-0.4, -0.2) is 40.0 Å². The molecule has 0 saturated heterocycles. The summed E-state index contributed by atoms with van der Waals surface area (Å²) in [6.45, 7) is 17.4. The molecule has 0 heterocycles. The topological polar surface area (TPSA) is 0 Å². The minimum Gasteiger partial charge on any atom is -0.339 e. The first kappa shape index (κ1) is 26.8. The van der Waals surface area contributed by atoms with Gasteiger partial charge in [0.1, 0.15) is 0 Å². The summed E-state index contributed by atoms with van der Waals surface area (Å²) in [6.07, 6.45) is 0.890. The second kappa shape index (κ2) is 20.9. The van der Waals surface area contributed by atoms with Crippen LogP contribution in [-0.2, 0) is 23.5 Å². The molecule has 2 aromatic rings. The third-order valence-electron chi connectivity index (χ3n) is 1.69. The molecule has 0 nitrogen and oxygen atoms in total. The molecule has 0 bridgehead atoms. The maximum absolute atomic E-state index is 3.76. The number of hydrogen-bond acceptors (Lipinski definition) is 0. The monoisotopic (exact) mass is 380 g/mol. The average molecular weight is 380 g/mol. The Bertz CT molecular complexity index is 341. The summed E-state index contributed by atoms with van der Waals surface area (Å²) in [5, 5.41) is 0. The molecule has 122 valence electrons. The Morgan fingerprint density at radius 3 is 1.32 bits per heavy atom. The van der Waals surface area contributed by atoms with Gasteiger partial charge >= 0.3 is 17.1 Å². The number of hydrogen-bond donors (Lipinski definition) is 0. The van der Waals surface area contributed by atoms with Gasteiger partial charge in [0.15, 0.2) is 0 Å². The van der Waals surface area contributed by atoms with Gasteiger partial charge in [-0.15, -0.1) is 0 Å². The summed E-state index contributed by atoms with van der Waals surface area (Å²) >= 11 is 0. The zero-order valence-corrected chi connectivity index (χ0v) is 18.1. The molecule has 0 saturated carbocycles. The Hall–Kier alpha value is -0.0505. The van der Waals surface area contributed by atoms with Crippen molar-refractivity contribution in [2.45, 2.75) is 6.42 Å². The van der Waals surface area contributed by atoms with E-state index in [-0.39, 0.29) is 32.9 Å². The minimum atomic E-state index is 0. The SMILES string of the molecule is C[PH+](C)C.C[PH+](C)C.[CH2-]Cc1ccccc1.[Fe+6].c1cc[cH-]c1. The summed E-state index contributed by atoms with van der Waals surface area (Å²) < 4.78 is 0. The summed E-state index contributed by atoms with van der Waals surface area (Å²) in [7, 11) is 0.241. The van der Waals surface area contributed by atoms with Gasteiger partial charge in [-0.3, -0.25) is 0 Å². The second-order valence-corrected chi connectivity index (χ2v) is 11.7.